The van der Waals surface area contributed by atoms with Crippen LogP contribution in [-0.4, -0.2) is 4.98 Å². The van der Waals surface area contributed by atoms with Gasteiger partial charge in [0.05, 0.1) is 10.2 Å². The topological polar surface area (TPSA) is 38.9 Å². The van der Waals surface area contributed by atoms with Gasteiger partial charge in [0.15, 0.2) is 5.13 Å². The molecule has 0 aliphatic carbocycles. The van der Waals surface area contributed by atoms with Gasteiger partial charge in [-0.15, -0.1) is 0 Å². The fourth-order valence-corrected chi connectivity index (χ4v) is 2.35. The van der Waals surface area contributed by atoms with Crippen molar-refractivity contribution in [1.82, 2.24) is 4.98 Å². The SMILES string of the molecule is CC.CC(C)c1c(F)cc(F)c2sc(N)nc12. The highest BCUT2D eigenvalue weighted by atomic mass is 32.1. The van der Waals surface area contributed by atoms with Gasteiger partial charge in [-0.25, -0.2) is 13.8 Å². The summed E-state index contributed by atoms with van der Waals surface area (Å²) >= 11 is 1.04. The number of rotatable bonds is 1. The third-order valence-corrected chi connectivity index (χ3v) is 3.10. The quantitative estimate of drug-likeness (QED) is 0.828. The Balaban J connectivity index is 0.000000686. The van der Waals surface area contributed by atoms with Crippen molar-refractivity contribution in [2.75, 3.05) is 5.73 Å². The van der Waals surface area contributed by atoms with Crippen LogP contribution in [0.5, 0.6) is 0 Å². The zero-order chi connectivity index (χ0) is 13.2. The minimum Gasteiger partial charge on any atom is -0.375 e. The third-order valence-electron chi connectivity index (χ3n) is 2.20. The highest BCUT2D eigenvalue weighted by Crippen LogP contribution is 2.34. The predicted octanol–water partition coefficient (Wildman–Crippen LogP) is 4.31. The van der Waals surface area contributed by atoms with Crippen LogP contribution in [0.25, 0.3) is 10.2 Å². The number of benzene rings is 1. The van der Waals surface area contributed by atoms with E-state index in [-0.39, 0.29) is 11.0 Å². The van der Waals surface area contributed by atoms with Gasteiger partial charge in [-0.1, -0.05) is 39.0 Å². The van der Waals surface area contributed by atoms with E-state index >= 15 is 0 Å². The minimum atomic E-state index is -0.596. The molecule has 0 radical (unpaired) electrons. The Morgan fingerprint density at radius 1 is 1.24 bits per heavy atom. The molecule has 0 amide bonds. The molecule has 0 spiro atoms. The first-order valence-electron chi connectivity index (χ1n) is 5.54. The summed E-state index contributed by atoms with van der Waals surface area (Å²) in [5, 5.41) is 0.261. The smallest absolute Gasteiger partial charge is 0.181 e. The Bertz CT molecular complexity index is 521. The van der Waals surface area contributed by atoms with Crippen LogP contribution in [0.1, 0.15) is 39.2 Å². The van der Waals surface area contributed by atoms with E-state index in [9.17, 15) is 8.78 Å². The molecule has 2 rings (SSSR count). The molecular weight excluding hydrogens is 242 g/mol. The first-order valence-corrected chi connectivity index (χ1v) is 6.36. The van der Waals surface area contributed by atoms with Crippen molar-refractivity contribution in [3.05, 3.63) is 23.3 Å². The second-order valence-electron chi connectivity index (χ2n) is 3.64. The summed E-state index contributed by atoms with van der Waals surface area (Å²) in [5.74, 6) is -1.20. The molecule has 2 aromatic rings. The average molecular weight is 258 g/mol. The van der Waals surface area contributed by atoms with E-state index in [0.29, 0.717) is 15.8 Å². The monoisotopic (exact) mass is 258 g/mol. The average Bonchev–Trinajstić information content (AvgIpc) is 2.62. The molecule has 5 heteroatoms. The fourth-order valence-electron chi connectivity index (χ4n) is 1.60. The predicted molar refractivity (Wildman–Crippen MR) is 69.4 cm³/mol. The summed E-state index contributed by atoms with van der Waals surface area (Å²) in [7, 11) is 0. The maximum atomic E-state index is 13.5. The number of aromatic nitrogens is 1. The summed E-state index contributed by atoms with van der Waals surface area (Å²) < 4.78 is 27.2. The highest BCUT2D eigenvalue weighted by molar-refractivity contribution is 7.22. The van der Waals surface area contributed by atoms with Crippen molar-refractivity contribution in [3.63, 3.8) is 0 Å². The van der Waals surface area contributed by atoms with Gasteiger partial charge in [0, 0.05) is 11.6 Å². The lowest BCUT2D eigenvalue weighted by molar-refractivity contribution is 0.574. The molecule has 2 nitrogen and oxygen atoms in total. The van der Waals surface area contributed by atoms with Crippen molar-refractivity contribution in [1.29, 1.82) is 0 Å². The lowest BCUT2D eigenvalue weighted by atomic mass is 10.0. The summed E-state index contributed by atoms with van der Waals surface area (Å²) in [6.07, 6.45) is 0. The van der Waals surface area contributed by atoms with Crippen LogP contribution < -0.4 is 5.73 Å². The second kappa shape index (κ2) is 5.40. The maximum absolute atomic E-state index is 13.5. The van der Waals surface area contributed by atoms with Gasteiger partial charge in [0.1, 0.15) is 11.6 Å². The van der Waals surface area contributed by atoms with Gasteiger partial charge in [-0.2, -0.15) is 0 Å². The zero-order valence-electron chi connectivity index (χ0n) is 10.3. The van der Waals surface area contributed by atoms with Gasteiger partial charge in [-0.3, -0.25) is 0 Å². The second-order valence-corrected chi connectivity index (χ2v) is 4.67. The van der Waals surface area contributed by atoms with Crippen LogP contribution in [0, 0.1) is 11.6 Å². The molecule has 1 aromatic carbocycles. The van der Waals surface area contributed by atoms with E-state index in [0.717, 1.165) is 17.4 Å². The van der Waals surface area contributed by atoms with Gasteiger partial charge < -0.3 is 5.73 Å². The van der Waals surface area contributed by atoms with Crippen LogP contribution in [0.15, 0.2) is 6.07 Å². The summed E-state index contributed by atoms with van der Waals surface area (Å²) in [6.45, 7) is 7.68. The normalized spacial score (nSPS) is 10.5. The van der Waals surface area contributed by atoms with Crippen molar-refractivity contribution in [2.24, 2.45) is 0 Å². The molecule has 0 saturated heterocycles. The summed E-state index contributed by atoms with van der Waals surface area (Å²) in [4.78, 5) is 3.97. The van der Waals surface area contributed by atoms with E-state index in [1.54, 1.807) is 0 Å². The number of thiazole rings is 1. The zero-order valence-corrected chi connectivity index (χ0v) is 11.2. The first kappa shape index (κ1) is 13.8. The number of nitrogens with zero attached hydrogens (tertiary/aromatic N) is 1. The number of nitrogen functional groups attached to an aromatic ring is 1. The van der Waals surface area contributed by atoms with Crippen molar-refractivity contribution < 1.29 is 8.78 Å². The molecule has 0 aliphatic rings. The summed E-state index contributed by atoms with van der Waals surface area (Å²) in [6, 6.07) is 0.898. The Hall–Kier alpha value is -1.23. The minimum absolute atomic E-state index is 0.0467. The number of halogens is 2. The Kier molecular flexibility index (Phi) is 4.40. The molecule has 0 bridgehead atoms. The molecule has 94 valence electrons. The van der Waals surface area contributed by atoms with Crippen LogP contribution in [0.3, 0.4) is 0 Å². The Morgan fingerprint density at radius 2 is 1.82 bits per heavy atom. The van der Waals surface area contributed by atoms with Gasteiger partial charge in [0.25, 0.3) is 0 Å². The van der Waals surface area contributed by atoms with E-state index in [2.05, 4.69) is 4.98 Å². The standard InChI is InChI=1S/C10H10F2N2S.C2H6/c1-4(2)7-5(11)3-6(12)9-8(7)14-10(13)15-9;1-2/h3-4H,1-2H3,(H2,13,14);1-2H3. The number of hydrogen-bond donors (Lipinski definition) is 1. The first-order chi connectivity index (χ1) is 8.00. The van der Waals surface area contributed by atoms with E-state index in [4.69, 9.17) is 5.73 Å². The number of anilines is 1. The number of hydrogen-bond acceptors (Lipinski definition) is 3. The molecule has 17 heavy (non-hydrogen) atoms. The molecule has 0 saturated carbocycles. The lowest BCUT2D eigenvalue weighted by Crippen LogP contribution is -1.96. The van der Waals surface area contributed by atoms with Gasteiger partial charge in [-0.05, 0) is 5.92 Å². The van der Waals surface area contributed by atoms with Crippen molar-refractivity contribution >= 4 is 26.7 Å². The molecule has 0 fully saturated rings. The largest absolute Gasteiger partial charge is 0.375 e. The molecule has 0 aliphatic heterocycles. The van der Waals surface area contributed by atoms with Crippen LogP contribution in [0.2, 0.25) is 0 Å². The third kappa shape index (κ3) is 2.54. The van der Waals surface area contributed by atoms with Gasteiger partial charge in [0.2, 0.25) is 0 Å². The van der Waals surface area contributed by atoms with Crippen molar-refractivity contribution in [3.8, 4) is 0 Å². The highest BCUT2D eigenvalue weighted by Gasteiger charge is 2.18. The Labute approximate surface area is 103 Å². The summed E-state index contributed by atoms with van der Waals surface area (Å²) in [5.41, 5.74) is 6.28. The lowest BCUT2D eigenvalue weighted by Gasteiger charge is -2.07. The molecule has 1 heterocycles. The van der Waals surface area contributed by atoms with Gasteiger partial charge >= 0.3 is 0 Å². The van der Waals surface area contributed by atoms with E-state index in [1.165, 1.54) is 0 Å². The van der Waals surface area contributed by atoms with Crippen LogP contribution >= 0.6 is 11.3 Å². The maximum Gasteiger partial charge on any atom is 0.181 e. The van der Waals surface area contributed by atoms with Crippen LogP contribution in [0.4, 0.5) is 13.9 Å². The van der Waals surface area contributed by atoms with Crippen LogP contribution in [-0.2, 0) is 0 Å². The molecule has 0 unspecified atom stereocenters. The Morgan fingerprint density at radius 3 is 2.35 bits per heavy atom. The van der Waals surface area contributed by atoms with E-state index < -0.39 is 11.6 Å². The molecular formula is C12H16F2N2S. The number of nitrogens with two attached hydrogens (primary N) is 1. The fraction of sp³-hybridized carbons (Fsp3) is 0.417. The van der Waals surface area contributed by atoms with E-state index in [1.807, 2.05) is 27.7 Å². The number of fused-ring (bicyclic) bond motifs is 1. The molecule has 1 aromatic heterocycles. The molecule has 2 N–H and O–H groups in total. The van der Waals surface area contributed by atoms with Crippen molar-refractivity contribution in [2.45, 2.75) is 33.6 Å². The molecule has 0 atom stereocenters.